The third-order valence-corrected chi connectivity index (χ3v) is 4.56. The number of amides is 1. The first kappa shape index (κ1) is 18.7. The van der Waals surface area contributed by atoms with Gasteiger partial charge in [-0.25, -0.2) is 4.90 Å². The topological polar surface area (TPSA) is 86.3 Å². The SMILES string of the molecule is CC1(COc2ccc(C#N)cc2)OC(=S)N(c2ccc(C#N)c(Cl)c2)C1=O. The third kappa shape index (κ3) is 3.56. The molecule has 3 rings (SSSR count). The summed E-state index contributed by atoms with van der Waals surface area (Å²) in [5, 5.41) is 18.0. The van der Waals surface area contributed by atoms with E-state index >= 15 is 0 Å². The molecule has 1 aliphatic heterocycles. The first-order valence-electron chi connectivity index (χ1n) is 7.78. The van der Waals surface area contributed by atoms with Gasteiger partial charge in [0, 0.05) is 0 Å². The summed E-state index contributed by atoms with van der Waals surface area (Å²) in [6.07, 6.45) is 0. The van der Waals surface area contributed by atoms with Crippen molar-refractivity contribution in [2.45, 2.75) is 12.5 Å². The summed E-state index contributed by atoms with van der Waals surface area (Å²) >= 11 is 11.2. The van der Waals surface area contributed by atoms with Crippen LogP contribution in [0.1, 0.15) is 18.1 Å². The first-order chi connectivity index (χ1) is 12.9. The lowest BCUT2D eigenvalue weighted by atomic mass is 10.1. The van der Waals surface area contributed by atoms with Gasteiger partial charge in [-0.1, -0.05) is 11.6 Å². The van der Waals surface area contributed by atoms with E-state index in [9.17, 15) is 4.79 Å². The summed E-state index contributed by atoms with van der Waals surface area (Å²) in [4.78, 5) is 14.1. The maximum Gasteiger partial charge on any atom is 0.282 e. The number of nitrogens with zero attached hydrogens (tertiary/aromatic N) is 3. The number of halogens is 1. The Morgan fingerprint density at radius 2 is 1.93 bits per heavy atom. The zero-order chi connectivity index (χ0) is 19.6. The molecule has 0 bridgehead atoms. The number of carbonyl (C=O) groups excluding carboxylic acids is 1. The van der Waals surface area contributed by atoms with Gasteiger partial charge >= 0.3 is 0 Å². The molecule has 1 heterocycles. The second kappa shape index (κ2) is 7.24. The predicted octanol–water partition coefficient (Wildman–Crippen LogP) is 3.57. The van der Waals surface area contributed by atoms with Gasteiger partial charge in [0.2, 0.25) is 5.60 Å². The van der Waals surface area contributed by atoms with Crippen molar-refractivity contribution < 1.29 is 14.3 Å². The molecule has 27 heavy (non-hydrogen) atoms. The Bertz CT molecular complexity index is 1010. The first-order valence-corrected chi connectivity index (χ1v) is 8.57. The molecule has 1 fully saturated rings. The van der Waals surface area contributed by atoms with Gasteiger partial charge in [-0.05, 0) is 61.6 Å². The molecule has 0 radical (unpaired) electrons. The van der Waals surface area contributed by atoms with Crippen LogP contribution in [0, 0.1) is 22.7 Å². The molecule has 1 aliphatic rings. The fourth-order valence-electron chi connectivity index (χ4n) is 2.50. The Kier molecular flexibility index (Phi) is 5.00. The number of carbonyl (C=O) groups is 1. The predicted molar refractivity (Wildman–Crippen MR) is 102 cm³/mol. The number of anilines is 1. The lowest BCUT2D eigenvalue weighted by Gasteiger charge is -2.20. The number of rotatable bonds is 4. The van der Waals surface area contributed by atoms with Crippen molar-refractivity contribution in [2.75, 3.05) is 11.5 Å². The van der Waals surface area contributed by atoms with Gasteiger partial charge in [-0.3, -0.25) is 4.79 Å². The molecular weight excluding hydrogens is 386 g/mol. The zero-order valence-electron chi connectivity index (χ0n) is 14.1. The molecule has 0 N–H and O–H groups in total. The highest BCUT2D eigenvalue weighted by atomic mass is 35.5. The van der Waals surface area contributed by atoms with Gasteiger partial charge in [0.15, 0.2) is 0 Å². The van der Waals surface area contributed by atoms with Crippen LogP contribution in [0.2, 0.25) is 5.02 Å². The average Bonchev–Trinajstić information content (AvgIpc) is 2.89. The van der Waals surface area contributed by atoms with E-state index in [4.69, 9.17) is 43.8 Å². The molecule has 2 aromatic rings. The molecule has 0 aliphatic carbocycles. The van der Waals surface area contributed by atoms with E-state index in [-0.39, 0.29) is 16.8 Å². The minimum absolute atomic E-state index is 0.0216. The third-order valence-electron chi connectivity index (χ3n) is 3.98. The molecular formula is C19H12ClN3O3S. The highest BCUT2D eigenvalue weighted by Crippen LogP contribution is 2.32. The lowest BCUT2D eigenvalue weighted by molar-refractivity contribution is -0.130. The molecule has 6 nitrogen and oxygen atoms in total. The average molecular weight is 398 g/mol. The van der Waals surface area contributed by atoms with Gasteiger partial charge in [-0.2, -0.15) is 10.5 Å². The maximum absolute atomic E-state index is 12.9. The zero-order valence-corrected chi connectivity index (χ0v) is 15.7. The van der Waals surface area contributed by atoms with Crippen LogP contribution in [0.25, 0.3) is 0 Å². The monoisotopic (exact) mass is 397 g/mol. The van der Waals surface area contributed by atoms with Crippen molar-refractivity contribution in [1.82, 2.24) is 0 Å². The fraction of sp³-hybridized carbons (Fsp3) is 0.158. The van der Waals surface area contributed by atoms with Crippen LogP contribution in [0.15, 0.2) is 42.5 Å². The Morgan fingerprint density at radius 1 is 1.22 bits per heavy atom. The van der Waals surface area contributed by atoms with Gasteiger partial charge < -0.3 is 9.47 Å². The Labute approximate surface area is 166 Å². The summed E-state index contributed by atoms with van der Waals surface area (Å²) in [6.45, 7) is 1.51. The normalized spacial score (nSPS) is 18.6. The Hall–Kier alpha value is -3.13. The van der Waals surface area contributed by atoms with Gasteiger partial charge in [0.05, 0.1) is 27.9 Å². The van der Waals surface area contributed by atoms with E-state index in [1.807, 2.05) is 12.1 Å². The summed E-state index contributed by atoms with van der Waals surface area (Å²) in [5.41, 5.74) is -0.0977. The fourth-order valence-corrected chi connectivity index (χ4v) is 3.09. The summed E-state index contributed by atoms with van der Waals surface area (Å²) < 4.78 is 11.3. The molecule has 8 heteroatoms. The van der Waals surface area contributed by atoms with Gasteiger partial charge in [0.1, 0.15) is 18.4 Å². The summed E-state index contributed by atoms with van der Waals surface area (Å²) in [5.74, 6) is 0.0966. The highest BCUT2D eigenvalue weighted by molar-refractivity contribution is 7.80. The largest absolute Gasteiger partial charge is 0.489 e. The molecule has 1 amide bonds. The molecule has 1 saturated heterocycles. The number of hydrogen-bond donors (Lipinski definition) is 0. The second-order valence-electron chi connectivity index (χ2n) is 5.94. The van der Waals surface area contributed by atoms with E-state index in [2.05, 4.69) is 0 Å². The van der Waals surface area contributed by atoms with Crippen LogP contribution in [-0.2, 0) is 9.53 Å². The minimum atomic E-state index is -1.31. The van der Waals surface area contributed by atoms with E-state index in [0.717, 1.165) is 0 Å². The Balaban J connectivity index is 1.78. The smallest absolute Gasteiger partial charge is 0.282 e. The van der Waals surface area contributed by atoms with E-state index in [1.165, 1.54) is 17.0 Å². The van der Waals surface area contributed by atoms with Crippen molar-refractivity contribution in [3.8, 4) is 17.9 Å². The van der Waals surface area contributed by atoms with Crippen LogP contribution in [-0.4, -0.2) is 23.3 Å². The molecule has 1 unspecified atom stereocenters. The Morgan fingerprint density at radius 3 is 2.52 bits per heavy atom. The van der Waals surface area contributed by atoms with Gasteiger partial charge in [-0.15, -0.1) is 0 Å². The molecule has 2 aromatic carbocycles. The molecule has 1 atom stereocenters. The van der Waals surface area contributed by atoms with Crippen LogP contribution < -0.4 is 9.64 Å². The van der Waals surface area contributed by atoms with Crippen LogP contribution in [0.5, 0.6) is 5.75 Å². The summed E-state index contributed by atoms with van der Waals surface area (Å²) in [7, 11) is 0. The van der Waals surface area contributed by atoms with E-state index in [0.29, 0.717) is 22.6 Å². The minimum Gasteiger partial charge on any atom is -0.489 e. The molecule has 0 aromatic heterocycles. The number of benzene rings is 2. The molecule has 0 saturated carbocycles. The van der Waals surface area contributed by atoms with Crippen LogP contribution in [0.4, 0.5) is 5.69 Å². The molecule has 134 valence electrons. The molecule has 0 spiro atoms. The van der Waals surface area contributed by atoms with Crippen LogP contribution >= 0.6 is 23.8 Å². The van der Waals surface area contributed by atoms with Gasteiger partial charge in [0.25, 0.3) is 11.1 Å². The number of nitriles is 2. The highest BCUT2D eigenvalue weighted by Gasteiger charge is 2.50. The van der Waals surface area contributed by atoms with E-state index < -0.39 is 11.5 Å². The van der Waals surface area contributed by atoms with Crippen molar-refractivity contribution in [2.24, 2.45) is 0 Å². The second-order valence-corrected chi connectivity index (χ2v) is 6.70. The standard InChI is InChI=1S/C19H12ClN3O3S/c1-19(11-25-15-6-2-12(9-21)3-7-15)17(24)23(18(27)26-19)14-5-4-13(10-22)16(20)8-14/h2-8H,11H2,1H3. The van der Waals surface area contributed by atoms with Crippen molar-refractivity contribution in [3.63, 3.8) is 0 Å². The van der Waals surface area contributed by atoms with Crippen molar-refractivity contribution in [3.05, 3.63) is 58.6 Å². The van der Waals surface area contributed by atoms with Crippen LogP contribution in [0.3, 0.4) is 0 Å². The van der Waals surface area contributed by atoms with E-state index in [1.54, 1.807) is 37.3 Å². The quantitative estimate of drug-likeness (QED) is 0.733. The lowest BCUT2D eigenvalue weighted by Crippen LogP contribution is -2.43. The number of hydrogen-bond acceptors (Lipinski definition) is 6. The van der Waals surface area contributed by atoms with Crippen molar-refractivity contribution >= 4 is 40.6 Å². The van der Waals surface area contributed by atoms with Crippen molar-refractivity contribution in [1.29, 1.82) is 10.5 Å². The maximum atomic E-state index is 12.9. The number of ether oxygens (including phenoxy) is 2. The summed E-state index contributed by atoms with van der Waals surface area (Å²) in [6, 6.07) is 15.1. The number of thiocarbonyl (C=S) groups is 1.